The van der Waals surface area contributed by atoms with Gasteiger partial charge in [0.05, 0.1) is 35.9 Å². The molecule has 3 heterocycles. The molecule has 17 heteroatoms. The number of carboxylic acid groups (broad SMARTS) is 2. The summed E-state index contributed by atoms with van der Waals surface area (Å²) in [5, 5.41) is 21.4. The van der Waals surface area contributed by atoms with E-state index < -0.39 is 24.3 Å². The number of fused-ring (bicyclic) bond motifs is 1. The number of halogens is 6. The number of pyridine rings is 2. The summed E-state index contributed by atoms with van der Waals surface area (Å²) in [6, 6.07) is 22.8. The summed E-state index contributed by atoms with van der Waals surface area (Å²) in [5.74, 6) is -6.30. The fourth-order valence-corrected chi connectivity index (χ4v) is 3.93. The summed E-state index contributed by atoms with van der Waals surface area (Å²) in [7, 11) is 0. The zero-order valence-electron chi connectivity index (χ0n) is 24.4. The molecule has 0 saturated heterocycles. The van der Waals surface area contributed by atoms with Crippen LogP contribution in [0.3, 0.4) is 0 Å². The normalized spacial score (nSPS) is 11.0. The maximum Gasteiger partial charge on any atom is 0.430 e. The van der Waals surface area contributed by atoms with Crippen molar-refractivity contribution >= 4 is 28.7 Å². The fourth-order valence-electron chi connectivity index (χ4n) is 3.93. The number of quaternary nitrogens is 1. The Morgan fingerprint density at radius 1 is 0.792 bits per heavy atom. The number of alkyl halides is 6. The molecule has 0 aliphatic heterocycles. The Morgan fingerprint density at radius 2 is 1.40 bits per heavy atom. The molecule has 0 fully saturated rings. The third-order valence-electron chi connectivity index (χ3n) is 6.18. The number of aliphatic carboxylic acids is 2. The number of rotatable bonds is 6. The number of carbonyl (C=O) groups excluding carboxylic acids is 3. The first-order chi connectivity index (χ1) is 22.6. The van der Waals surface area contributed by atoms with E-state index in [9.17, 15) is 31.1 Å². The van der Waals surface area contributed by atoms with E-state index in [4.69, 9.17) is 19.8 Å². The number of hydrogen-bond acceptors (Lipinski definition) is 8. The highest BCUT2D eigenvalue weighted by Gasteiger charge is 2.29. The lowest BCUT2D eigenvalue weighted by atomic mass is 9.96. The van der Waals surface area contributed by atoms with E-state index in [0.29, 0.717) is 0 Å². The second-order valence-corrected chi connectivity index (χ2v) is 9.43. The molecule has 1 amide bonds. The smallest absolute Gasteiger partial charge is 0.430 e. The van der Waals surface area contributed by atoms with Crippen LogP contribution in [-0.2, 0) is 22.7 Å². The van der Waals surface area contributed by atoms with Gasteiger partial charge in [-0.15, -0.1) is 0 Å². The third kappa shape index (κ3) is 10.3. The van der Waals surface area contributed by atoms with E-state index in [1.54, 1.807) is 6.20 Å². The second-order valence-electron chi connectivity index (χ2n) is 9.43. The van der Waals surface area contributed by atoms with Gasteiger partial charge < -0.3 is 30.9 Å². The van der Waals surface area contributed by atoms with Crippen LogP contribution in [0.25, 0.3) is 33.3 Å². The van der Waals surface area contributed by atoms with Gasteiger partial charge in [0.25, 0.3) is 5.91 Å². The van der Waals surface area contributed by atoms with Crippen molar-refractivity contribution in [2.24, 2.45) is 0 Å². The van der Waals surface area contributed by atoms with Gasteiger partial charge in [0, 0.05) is 35.8 Å². The van der Waals surface area contributed by atoms with Gasteiger partial charge in [0.1, 0.15) is 17.6 Å². The predicted octanol–water partition coefficient (Wildman–Crippen LogP) is 1.44. The van der Waals surface area contributed by atoms with Crippen molar-refractivity contribution in [1.29, 1.82) is 0 Å². The largest absolute Gasteiger partial charge is 0.542 e. The molecule has 5 N–H and O–H groups in total. The Balaban J connectivity index is 0.000000376. The van der Waals surface area contributed by atoms with E-state index >= 15 is 0 Å². The lowest BCUT2D eigenvalue weighted by molar-refractivity contribution is -0.386. The molecule has 5 rings (SSSR count). The van der Waals surface area contributed by atoms with Crippen LogP contribution in [0.5, 0.6) is 0 Å². The molecule has 0 aliphatic carbocycles. The Labute approximate surface area is 267 Å². The van der Waals surface area contributed by atoms with Crippen LogP contribution in [-0.4, -0.2) is 45.2 Å². The van der Waals surface area contributed by atoms with Gasteiger partial charge in [0.15, 0.2) is 0 Å². The van der Waals surface area contributed by atoms with Crippen molar-refractivity contribution in [2.75, 3.05) is 0 Å². The monoisotopic (exact) mass is 674 g/mol. The highest BCUT2D eigenvalue weighted by Crippen LogP contribution is 2.32. The molecule has 2 aromatic carbocycles. The molecular formula is C31H24F6N6O5. The SMILES string of the molecule is O=C([O-])C(F)(F)F.O=C([O-])C(F)(F)F.[NH3+]Cc1ccc(-c2[nH+]c3ccnc(CNC(=O)c4cnccn4)c3cc2-c2ccccc2)cc1. The molecule has 3 aromatic heterocycles. The molecule has 11 nitrogen and oxygen atoms in total. The fraction of sp³-hybridized carbons (Fsp3) is 0.129. The van der Waals surface area contributed by atoms with Gasteiger partial charge in [-0.2, -0.15) is 26.3 Å². The van der Waals surface area contributed by atoms with E-state index in [-0.39, 0.29) is 18.1 Å². The van der Waals surface area contributed by atoms with E-state index in [1.807, 2.05) is 24.3 Å². The number of H-pyrrole nitrogens is 1. The zero-order valence-corrected chi connectivity index (χ0v) is 24.4. The number of hydrogen-bond donors (Lipinski definition) is 2. The van der Waals surface area contributed by atoms with Gasteiger partial charge in [-0.05, 0) is 23.8 Å². The number of nitrogens with one attached hydrogen (secondary N) is 2. The molecule has 0 radical (unpaired) electrons. The van der Waals surface area contributed by atoms with Crippen LogP contribution in [0.1, 0.15) is 21.7 Å². The van der Waals surface area contributed by atoms with Crippen molar-refractivity contribution in [3.05, 3.63) is 108 Å². The van der Waals surface area contributed by atoms with Gasteiger partial charge in [-0.25, -0.2) is 9.97 Å². The van der Waals surface area contributed by atoms with Crippen molar-refractivity contribution in [3.8, 4) is 22.4 Å². The molecular weight excluding hydrogens is 650 g/mol. The summed E-state index contributed by atoms with van der Waals surface area (Å²) in [5.41, 5.74) is 11.4. The number of aromatic nitrogens is 4. The van der Waals surface area contributed by atoms with Crippen LogP contribution in [0.4, 0.5) is 26.3 Å². The average molecular weight is 675 g/mol. The number of carboxylic acids is 2. The topological polar surface area (TPSA) is 190 Å². The van der Waals surface area contributed by atoms with Crippen molar-refractivity contribution in [2.45, 2.75) is 25.4 Å². The molecule has 0 spiro atoms. The molecule has 0 saturated carbocycles. The maximum absolute atomic E-state index is 12.5. The lowest BCUT2D eigenvalue weighted by Crippen LogP contribution is -2.47. The minimum absolute atomic E-state index is 0.270. The zero-order chi connectivity index (χ0) is 35.5. The number of carbonyl (C=O) groups is 3. The van der Waals surface area contributed by atoms with E-state index in [1.165, 1.54) is 24.2 Å². The van der Waals surface area contributed by atoms with Gasteiger partial charge in [-0.3, -0.25) is 14.8 Å². The van der Waals surface area contributed by atoms with Gasteiger partial charge in [-0.1, -0.05) is 42.5 Å². The number of benzene rings is 2. The Kier molecular flexibility index (Phi) is 12.2. The minimum Gasteiger partial charge on any atom is -0.542 e. The van der Waals surface area contributed by atoms with Crippen molar-refractivity contribution < 1.29 is 61.7 Å². The van der Waals surface area contributed by atoms with Crippen LogP contribution >= 0.6 is 0 Å². The summed E-state index contributed by atoms with van der Waals surface area (Å²) in [6.45, 7) is 1.02. The van der Waals surface area contributed by atoms with Crippen LogP contribution < -0.4 is 26.2 Å². The predicted molar refractivity (Wildman–Crippen MR) is 151 cm³/mol. The van der Waals surface area contributed by atoms with Crippen molar-refractivity contribution in [1.82, 2.24) is 20.3 Å². The summed E-state index contributed by atoms with van der Waals surface area (Å²) in [4.78, 5) is 46.2. The molecule has 0 aliphatic rings. The molecule has 5 aromatic rings. The first-order valence-corrected chi connectivity index (χ1v) is 13.5. The third-order valence-corrected chi connectivity index (χ3v) is 6.18. The standard InChI is InChI=1S/C27H22N6O.2C2HF3O2/c28-15-18-6-8-20(9-7-18)26-21(19-4-2-1-3-5-19)14-22-23(33-26)10-11-30-24(22)17-32-27(34)25-16-29-12-13-31-25;2*3-2(4,5)1(6)7/h1-14,16H,15,17,28H2,(H,32,34);2*(H,6,7). The molecule has 0 atom stereocenters. The highest BCUT2D eigenvalue weighted by atomic mass is 19.4. The van der Waals surface area contributed by atoms with Crippen LogP contribution in [0.15, 0.2) is 91.5 Å². The minimum atomic E-state index is -5.19. The Morgan fingerprint density at radius 3 is 1.92 bits per heavy atom. The summed E-state index contributed by atoms with van der Waals surface area (Å²) in [6.07, 6.45) is -4.16. The molecule has 250 valence electrons. The summed E-state index contributed by atoms with van der Waals surface area (Å²) >= 11 is 0. The second kappa shape index (κ2) is 16.0. The Bertz CT molecular complexity index is 1830. The summed E-state index contributed by atoms with van der Waals surface area (Å²) < 4.78 is 63.1. The highest BCUT2D eigenvalue weighted by molar-refractivity contribution is 5.93. The van der Waals surface area contributed by atoms with E-state index in [2.05, 4.69) is 73.5 Å². The van der Waals surface area contributed by atoms with Gasteiger partial charge >= 0.3 is 12.4 Å². The first kappa shape index (κ1) is 36.5. The number of aromatic amines is 1. The quantitative estimate of drug-likeness (QED) is 0.253. The average Bonchev–Trinajstić information content (AvgIpc) is 3.07. The Hall–Kier alpha value is -5.97. The van der Waals surface area contributed by atoms with Crippen molar-refractivity contribution in [3.63, 3.8) is 0 Å². The molecule has 0 unspecified atom stereocenters. The first-order valence-electron chi connectivity index (χ1n) is 13.5. The number of nitrogens with zero attached hydrogens (tertiary/aromatic N) is 3. The lowest BCUT2D eigenvalue weighted by Gasteiger charge is -2.10. The van der Waals surface area contributed by atoms with Crippen LogP contribution in [0.2, 0.25) is 0 Å². The molecule has 0 bridgehead atoms. The molecule has 48 heavy (non-hydrogen) atoms. The van der Waals surface area contributed by atoms with E-state index in [0.717, 1.165) is 45.5 Å². The number of amides is 1. The van der Waals surface area contributed by atoms with Crippen LogP contribution in [0, 0.1) is 0 Å². The maximum atomic E-state index is 12.5. The van der Waals surface area contributed by atoms with Gasteiger partial charge in [0.2, 0.25) is 11.2 Å².